The van der Waals surface area contributed by atoms with Crippen molar-refractivity contribution in [3.05, 3.63) is 11.8 Å². The minimum atomic E-state index is -1.46. The molecule has 0 radical (unpaired) electrons. The van der Waals surface area contributed by atoms with Crippen LogP contribution in [0.5, 0.6) is 0 Å². The molecular formula is C16H40N2Si3. The van der Waals surface area contributed by atoms with Gasteiger partial charge in [0, 0.05) is 0 Å². The van der Waals surface area contributed by atoms with Gasteiger partial charge in [-0.05, 0) is 16.5 Å². The van der Waals surface area contributed by atoms with E-state index in [9.17, 15) is 0 Å². The van der Waals surface area contributed by atoms with Gasteiger partial charge in [-0.1, -0.05) is 86.4 Å². The van der Waals surface area contributed by atoms with E-state index in [0.29, 0.717) is 10.1 Å². The van der Waals surface area contributed by atoms with Crippen LogP contribution in [0.4, 0.5) is 0 Å². The fourth-order valence-corrected chi connectivity index (χ4v) is 13.6. The largest absolute Gasteiger partial charge is 0.347 e. The van der Waals surface area contributed by atoms with E-state index in [1.54, 1.807) is 0 Å². The Balaban J connectivity index is 5.21. The lowest BCUT2D eigenvalue weighted by molar-refractivity contribution is 0.704. The maximum atomic E-state index is 4.11. The van der Waals surface area contributed by atoms with Crippen molar-refractivity contribution in [3.63, 3.8) is 0 Å². The third kappa shape index (κ3) is 6.52. The van der Waals surface area contributed by atoms with Gasteiger partial charge in [0.2, 0.25) is 0 Å². The van der Waals surface area contributed by atoms with Crippen molar-refractivity contribution in [2.24, 2.45) is 0 Å². The summed E-state index contributed by atoms with van der Waals surface area (Å²) in [5, 5.41) is 0.765. The molecule has 0 amide bonds. The highest BCUT2D eigenvalue weighted by Crippen LogP contribution is 2.35. The van der Waals surface area contributed by atoms with Gasteiger partial charge in [0.05, 0.1) is 0 Å². The Kier molecular flexibility index (Phi) is 7.36. The molecule has 0 fully saturated rings. The first-order chi connectivity index (χ1) is 9.14. The molecule has 0 rings (SSSR count). The molecule has 0 aliphatic heterocycles. The van der Waals surface area contributed by atoms with Gasteiger partial charge in [-0.15, -0.1) is 0 Å². The van der Waals surface area contributed by atoms with Gasteiger partial charge in [-0.3, -0.25) is 0 Å². The predicted molar refractivity (Wildman–Crippen MR) is 107 cm³/mol. The Bertz CT molecular complexity index is 322. The maximum absolute atomic E-state index is 4.11. The molecule has 2 nitrogen and oxygen atoms in total. The minimum Gasteiger partial charge on any atom is -0.347 e. The first-order valence-electron chi connectivity index (χ1n) is 8.36. The minimum absolute atomic E-state index is 0.382. The highest BCUT2D eigenvalue weighted by atomic mass is 28.4. The van der Waals surface area contributed by atoms with Gasteiger partial charge >= 0.3 is 0 Å². The van der Waals surface area contributed by atoms with Gasteiger partial charge in [-0.2, -0.15) is 0 Å². The molecule has 21 heavy (non-hydrogen) atoms. The summed E-state index contributed by atoms with van der Waals surface area (Å²) in [5.74, 6) is 0. The second kappa shape index (κ2) is 7.25. The summed E-state index contributed by atoms with van der Waals surface area (Å²) in [7, 11) is -4.17. The fourth-order valence-electron chi connectivity index (χ4n) is 1.61. The smallest absolute Gasteiger partial charge is 0.196 e. The molecular weight excluding hydrogens is 304 g/mol. The molecule has 2 N–H and O–H groups in total. The molecule has 0 heterocycles. The predicted octanol–water partition coefficient (Wildman–Crippen LogP) is 4.90. The Morgan fingerprint density at radius 3 is 1.38 bits per heavy atom. The normalized spacial score (nSPS) is 15.2. The van der Waals surface area contributed by atoms with E-state index in [4.69, 9.17) is 0 Å². The number of rotatable bonds is 6. The highest BCUT2D eigenvalue weighted by molar-refractivity contribution is 6.93. The summed E-state index contributed by atoms with van der Waals surface area (Å²) in [6.45, 7) is 26.4. The fraction of sp³-hybridized carbons (Fsp3) is 0.875. The van der Waals surface area contributed by atoms with E-state index in [1.807, 2.05) is 0 Å². The molecule has 0 aliphatic carbocycles. The lowest BCUT2D eigenvalue weighted by Gasteiger charge is -2.44. The van der Waals surface area contributed by atoms with Crippen molar-refractivity contribution in [2.75, 3.05) is 0 Å². The SMILES string of the molecule is CCC=C[SiH](N[Si](C)(C)C(C)(C)C)N[Si](C)(C)C(C)(C)C. The average Bonchev–Trinajstić information content (AvgIpc) is 2.21. The molecule has 0 spiro atoms. The first kappa shape index (κ1) is 21.3. The van der Waals surface area contributed by atoms with Crippen LogP contribution in [-0.4, -0.2) is 25.6 Å². The zero-order chi connectivity index (χ0) is 17.1. The molecule has 0 aromatic carbocycles. The van der Waals surface area contributed by atoms with Crippen LogP contribution in [0.2, 0.25) is 36.3 Å². The van der Waals surface area contributed by atoms with E-state index in [2.05, 4.69) is 95.7 Å². The lowest BCUT2D eigenvalue weighted by atomic mass is 10.2. The first-order valence-corrected chi connectivity index (χ1v) is 16.2. The van der Waals surface area contributed by atoms with E-state index >= 15 is 0 Å². The van der Waals surface area contributed by atoms with Crippen LogP contribution in [-0.2, 0) is 0 Å². The van der Waals surface area contributed by atoms with Crippen LogP contribution >= 0.6 is 0 Å². The van der Waals surface area contributed by atoms with Crippen molar-refractivity contribution < 1.29 is 0 Å². The zero-order valence-electron chi connectivity index (χ0n) is 16.4. The summed E-state index contributed by atoms with van der Waals surface area (Å²) in [4.78, 5) is 0. The van der Waals surface area contributed by atoms with Crippen molar-refractivity contribution in [1.82, 2.24) is 9.30 Å². The molecule has 0 aliphatic rings. The zero-order valence-corrected chi connectivity index (χ0v) is 19.6. The monoisotopic (exact) mass is 344 g/mol. The van der Waals surface area contributed by atoms with Gasteiger partial charge in [0.25, 0.3) is 0 Å². The molecule has 0 bridgehead atoms. The number of hydrogen-bond acceptors (Lipinski definition) is 2. The number of allylic oxidation sites excluding steroid dienone is 1. The topological polar surface area (TPSA) is 24.1 Å². The van der Waals surface area contributed by atoms with E-state index < -0.39 is 25.6 Å². The second-order valence-corrected chi connectivity index (χ2v) is 22.5. The Hall–Kier alpha value is 0.311. The number of hydrogen-bond donors (Lipinski definition) is 2. The van der Waals surface area contributed by atoms with Crippen molar-refractivity contribution in [2.45, 2.75) is 91.2 Å². The Morgan fingerprint density at radius 2 is 1.14 bits per heavy atom. The third-order valence-corrected chi connectivity index (χ3v) is 21.8. The average molecular weight is 345 g/mol. The second-order valence-electron chi connectivity index (χ2n) is 9.35. The third-order valence-electron chi connectivity index (χ3n) is 5.35. The van der Waals surface area contributed by atoms with Crippen LogP contribution in [0.25, 0.3) is 0 Å². The van der Waals surface area contributed by atoms with Crippen molar-refractivity contribution in [3.8, 4) is 0 Å². The lowest BCUT2D eigenvalue weighted by Crippen LogP contribution is -2.68. The molecule has 0 unspecified atom stereocenters. The molecule has 0 saturated heterocycles. The van der Waals surface area contributed by atoms with Crippen LogP contribution < -0.4 is 9.30 Å². The number of nitrogens with one attached hydrogen (secondary N) is 2. The standard InChI is InChI=1S/C16H40N2Si3/c1-12-13-14-19(17-20(8,9)15(2,3)4)18-21(10,11)16(5,6)7/h13-14,17-19H,12H2,1-11H3. The van der Waals surface area contributed by atoms with Crippen LogP contribution in [0, 0.1) is 0 Å². The molecule has 5 heteroatoms. The van der Waals surface area contributed by atoms with Crippen LogP contribution in [0.15, 0.2) is 11.8 Å². The van der Waals surface area contributed by atoms with Gasteiger partial charge in [0.15, 0.2) is 9.12 Å². The van der Waals surface area contributed by atoms with Crippen LogP contribution in [0.1, 0.15) is 54.9 Å². The molecule has 0 aromatic heterocycles. The van der Waals surface area contributed by atoms with Gasteiger partial charge in [-0.25, -0.2) is 0 Å². The Labute approximate surface area is 138 Å². The Morgan fingerprint density at radius 1 is 0.810 bits per heavy atom. The molecule has 126 valence electrons. The van der Waals surface area contributed by atoms with E-state index in [-0.39, 0.29) is 0 Å². The van der Waals surface area contributed by atoms with Gasteiger partial charge < -0.3 is 9.30 Å². The van der Waals surface area contributed by atoms with E-state index in [1.165, 1.54) is 0 Å². The van der Waals surface area contributed by atoms with Gasteiger partial charge in [0.1, 0.15) is 16.5 Å². The van der Waals surface area contributed by atoms with Crippen molar-refractivity contribution >= 4 is 25.6 Å². The summed E-state index contributed by atoms with van der Waals surface area (Å²) < 4.78 is 8.22. The highest BCUT2D eigenvalue weighted by Gasteiger charge is 2.41. The summed E-state index contributed by atoms with van der Waals surface area (Å²) >= 11 is 0. The molecule has 0 aromatic rings. The maximum Gasteiger partial charge on any atom is 0.196 e. The summed E-state index contributed by atoms with van der Waals surface area (Å²) in [6.07, 6.45) is 3.47. The quantitative estimate of drug-likeness (QED) is 0.669. The van der Waals surface area contributed by atoms with E-state index in [0.717, 1.165) is 6.42 Å². The molecule has 0 atom stereocenters. The summed E-state index contributed by atoms with van der Waals surface area (Å²) in [6, 6.07) is 0. The van der Waals surface area contributed by atoms with Crippen molar-refractivity contribution in [1.29, 1.82) is 0 Å². The molecule has 0 saturated carbocycles. The summed E-state index contributed by atoms with van der Waals surface area (Å²) in [5.41, 5.74) is 2.47. The van der Waals surface area contributed by atoms with Crippen LogP contribution in [0.3, 0.4) is 0 Å².